The van der Waals surface area contributed by atoms with Gasteiger partial charge in [0.2, 0.25) is 0 Å². The lowest BCUT2D eigenvalue weighted by Gasteiger charge is -2.35. The van der Waals surface area contributed by atoms with Gasteiger partial charge in [-0.25, -0.2) is 0 Å². The third-order valence-electron chi connectivity index (χ3n) is 2.94. The van der Waals surface area contributed by atoms with Gasteiger partial charge in [-0.15, -0.1) is 0 Å². The Labute approximate surface area is 69.8 Å². The van der Waals surface area contributed by atoms with Crippen molar-refractivity contribution in [1.29, 1.82) is 0 Å². The van der Waals surface area contributed by atoms with Gasteiger partial charge in [-0.2, -0.15) is 0 Å². The fourth-order valence-corrected chi connectivity index (χ4v) is 2.08. The molecule has 1 aliphatic rings. The third kappa shape index (κ3) is 2.48. The van der Waals surface area contributed by atoms with Gasteiger partial charge in [-0.05, 0) is 38.0 Å². The Balaban J connectivity index is 2.46. The molecule has 0 amide bonds. The van der Waals surface area contributed by atoms with Crippen LogP contribution in [0.2, 0.25) is 0 Å². The highest BCUT2D eigenvalue weighted by atomic mass is 16.3. The van der Waals surface area contributed by atoms with Crippen LogP contribution in [-0.2, 0) is 0 Å². The van der Waals surface area contributed by atoms with Gasteiger partial charge in [0.1, 0.15) is 0 Å². The SMILES string of the molecule is CC(C)[C@H]1CCC[C@@](C)(O)C1. The van der Waals surface area contributed by atoms with Gasteiger partial charge in [0.15, 0.2) is 0 Å². The standard InChI is InChI=1S/C10H20O/c1-8(2)9-5-4-6-10(3,11)7-9/h8-9,11H,4-7H2,1-3H3/t9-,10+/m0/s1. The van der Waals surface area contributed by atoms with Gasteiger partial charge in [0, 0.05) is 0 Å². The predicted octanol–water partition coefficient (Wildman–Crippen LogP) is 2.58. The van der Waals surface area contributed by atoms with E-state index in [2.05, 4.69) is 13.8 Å². The molecule has 0 radical (unpaired) electrons. The normalized spacial score (nSPS) is 39.5. The summed E-state index contributed by atoms with van der Waals surface area (Å²) in [5.74, 6) is 1.49. The van der Waals surface area contributed by atoms with Crippen molar-refractivity contribution in [2.75, 3.05) is 0 Å². The van der Waals surface area contributed by atoms with Crippen LogP contribution in [0.5, 0.6) is 0 Å². The molecule has 1 aliphatic carbocycles. The first-order valence-electron chi connectivity index (χ1n) is 4.74. The molecule has 1 N–H and O–H groups in total. The average molecular weight is 156 g/mol. The summed E-state index contributed by atoms with van der Waals surface area (Å²) < 4.78 is 0. The summed E-state index contributed by atoms with van der Waals surface area (Å²) in [6.07, 6.45) is 4.52. The summed E-state index contributed by atoms with van der Waals surface area (Å²) in [5.41, 5.74) is -0.368. The first kappa shape index (κ1) is 9.05. The molecule has 0 aromatic heterocycles. The van der Waals surface area contributed by atoms with Gasteiger partial charge in [0.25, 0.3) is 0 Å². The highest BCUT2D eigenvalue weighted by Gasteiger charge is 2.30. The van der Waals surface area contributed by atoms with E-state index in [1.165, 1.54) is 12.8 Å². The second kappa shape index (κ2) is 3.14. The van der Waals surface area contributed by atoms with Crippen molar-refractivity contribution in [1.82, 2.24) is 0 Å². The molecule has 66 valence electrons. The highest BCUT2D eigenvalue weighted by Crippen LogP contribution is 2.35. The van der Waals surface area contributed by atoms with E-state index in [0.29, 0.717) is 0 Å². The van der Waals surface area contributed by atoms with Crippen LogP contribution in [-0.4, -0.2) is 10.7 Å². The minimum atomic E-state index is -0.368. The molecule has 0 aromatic carbocycles. The van der Waals surface area contributed by atoms with Crippen molar-refractivity contribution >= 4 is 0 Å². The van der Waals surface area contributed by atoms with E-state index in [-0.39, 0.29) is 5.60 Å². The quantitative estimate of drug-likeness (QED) is 0.618. The Morgan fingerprint density at radius 1 is 1.45 bits per heavy atom. The molecule has 0 spiro atoms. The van der Waals surface area contributed by atoms with E-state index >= 15 is 0 Å². The van der Waals surface area contributed by atoms with Crippen LogP contribution in [0.4, 0.5) is 0 Å². The molecule has 0 unspecified atom stereocenters. The number of aliphatic hydroxyl groups is 1. The summed E-state index contributed by atoms with van der Waals surface area (Å²) >= 11 is 0. The fraction of sp³-hybridized carbons (Fsp3) is 1.00. The van der Waals surface area contributed by atoms with Crippen molar-refractivity contribution in [3.63, 3.8) is 0 Å². The monoisotopic (exact) mass is 156 g/mol. The summed E-state index contributed by atoms with van der Waals surface area (Å²) in [6, 6.07) is 0. The maximum Gasteiger partial charge on any atom is 0.0622 e. The summed E-state index contributed by atoms with van der Waals surface area (Å²) in [7, 11) is 0. The van der Waals surface area contributed by atoms with Gasteiger partial charge < -0.3 is 5.11 Å². The van der Waals surface area contributed by atoms with Crippen molar-refractivity contribution < 1.29 is 5.11 Å². The lowest BCUT2D eigenvalue weighted by molar-refractivity contribution is -0.00807. The smallest absolute Gasteiger partial charge is 0.0622 e. The molecule has 0 saturated heterocycles. The van der Waals surface area contributed by atoms with Crippen molar-refractivity contribution in [2.24, 2.45) is 11.8 Å². The molecule has 1 rings (SSSR count). The zero-order valence-corrected chi connectivity index (χ0v) is 7.93. The second-order valence-corrected chi connectivity index (χ2v) is 4.60. The Bertz CT molecular complexity index is 127. The van der Waals surface area contributed by atoms with Crippen LogP contribution in [0.1, 0.15) is 46.5 Å². The van der Waals surface area contributed by atoms with Crippen LogP contribution >= 0.6 is 0 Å². The highest BCUT2D eigenvalue weighted by molar-refractivity contribution is 4.83. The Hall–Kier alpha value is -0.0400. The second-order valence-electron chi connectivity index (χ2n) is 4.60. The first-order valence-corrected chi connectivity index (χ1v) is 4.74. The molecule has 0 bridgehead atoms. The van der Waals surface area contributed by atoms with Gasteiger partial charge in [0.05, 0.1) is 5.60 Å². The Morgan fingerprint density at radius 2 is 2.09 bits per heavy atom. The van der Waals surface area contributed by atoms with E-state index in [4.69, 9.17) is 0 Å². The molecule has 1 heteroatoms. The molecule has 1 fully saturated rings. The topological polar surface area (TPSA) is 20.2 Å². The van der Waals surface area contributed by atoms with Gasteiger partial charge >= 0.3 is 0 Å². The van der Waals surface area contributed by atoms with Crippen molar-refractivity contribution in [3.05, 3.63) is 0 Å². The Kier molecular flexibility index (Phi) is 2.58. The summed E-state index contributed by atoms with van der Waals surface area (Å²) in [5, 5.41) is 9.79. The molecule has 1 saturated carbocycles. The molecule has 1 nitrogen and oxygen atoms in total. The largest absolute Gasteiger partial charge is 0.390 e. The molecular weight excluding hydrogens is 136 g/mol. The molecular formula is C10H20O. The van der Waals surface area contributed by atoms with E-state index in [0.717, 1.165) is 24.7 Å². The maximum absolute atomic E-state index is 9.79. The fourth-order valence-electron chi connectivity index (χ4n) is 2.08. The van der Waals surface area contributed by atoms with Crippen molar-refractivity contribution in [3.8, 4) is 0 Å². The van der Waals surface area contributed by atoms with Crippen LogP contribution < -0.4 is 0 Å². The number of hydrogen-bond acceptors (Lipinski definition) is 1. The lowest BCUT2D eigenvalue weighted by Crippen LogP contribution is -2.33. The zero-order chi connectivity index (χ0) is 8.48. The van der Waals surface area contributed by atoms with Crippen LogP contribution in [0.3, 0.4) is 0 Å². The summed E-state index contributed by atoms with van der Waals surface area (Å²) in [4.78, 5) is 0. The molecule has 0 aliphatic heterocycles. The molecule has 0 heterocycles. The Morgan fingerprint density at radius 3 is 2.45 bits per heavy atom. The maximum atomic E-state index is 9.79. The number of rotatable bonds is 1. The molecule has 2 atom stereocenters. The van der Waals surface area contributed by atoms with Crippen LogP contribution in [0.25, 0.3) is 0 Å². The van der Waals surface area contributed by atoms with Crippen LogP contribution in [0.15, 0.2) is 0 Å². The van der Waals surface area contributed by atoms with E-state index in [1.54, 1.807) is 0 Å². The van der Waals surface area contributed by atoms with Crippen molar-refractivity contribution in [2.45, 2.75) is 52.1 Å². The molecule has 11 heavy (non-hydrogen) atoms. The van der Waals surface area contributed by atoms with Gasteiger partial charge in [-0.1, -0.05) is 20.3 Å². The zero-order valence-electron chi connectivity index (χ0n) is 7.93. The molecule has 0 aromatic rings. The minimum Gasteiger partial charge on any atom is -0.390 e. The summed E-state index contributed by atoms with van der Waals surface area (Å²) in [6.45, 7) is 6.49. The first-order chi connectivity index (χ1) is 5.01. The van der Waals surface area contributed by atoms with E-state index in [1.807, 2.05) is 6.92 Å². The van der Waals surface area contributed by atoms with E-state index < -0.39 is 0 Å². The number of hydrogen-bond donors (Lipinski definition) is 1. The average Bonchev–Trinajstić information content (AvgIpc) is 1.85. The third-order valence-corrected chi connectivity index (χ3v) is 2.94. The van der Waals surface area contributed by atoms with Gasteiger partial charge in [-0.3, -0.25) is 0 Å². The minimum absolute atomic E-state index is 0.368. The predicted molar refractivity (Wildman–Crippen MR) is 47.4 cm³/mol. The van der Waals surface area contributed by atoms with Crippen LogP contribution in [0, 0.1) is 11.8 Å². The lowest BCUT2D eigenvalue weighted by atomic mass is 9.74. The van der Waals surface area contributed by atoms with E-state index in [9.17, 15) is 5.11 Å².